The van der Waals surface area contributed by atoms with Crippen LogP contribution in [0.2, 0.25) is 0 Å². The number of carboxylic acid groups (broad SMARTS) is 1. The van der Waals surface area contributed by atoms with Crippen LogP contribution in [0.4, 0.5) is 4.79 Å². The number of alkyl carbamates (subject to hydrolysis) is 1. The molecule has 0 radical (unpaired) electrons. The minimum atomic E-state index is -1.32. The SMILES string of the molecule is COCC(ONC(=O)C(CNC(=O)OCC1c2ccccc2-c2ccccc21)CC1CC1)C(=O)O. The first-order valence-corrected chi connectivity index (χ1v) is 11.7. The molecule has 0 saturated heterocycles. The molecule has 2 atom stereocenters. The zero-order chi connectivity index (χ0) is 24.8. The Balaban J connectivity index is 1.31. The number of carbonyl (C=O) groups excluding carboxylic acids is 2. The van der Waals surface area contributed by atoms with E-state index in [1.165, 1.54) is 7.11 Å². The molecular formula is C26H30N2O7. The highest BCUT2D eigenvalue weighted by Crippen LogP contribution is 2.44. The number of hydrogen-bond donors (Lipinski definition) is 3. The van der Waals surface area contributed by atoms with Gasteiger partial charge in [-0.2, -0.15) is 0 Å². The van der Waals surface area contributed by atoms with E-state index in [4.69, 9.17) is 19.4 Å². The molecule has 0 bridgehead atoms. The Morgan fingerprint density at radius 1 is 1.03 bits per heavy atom. The summed E-state index contributed by atoms with van der Waals surface area (Å²) in [5.41, 5.74) is 6.74. The van der Waals surface area contributed by atoms with Crippen molar-refractivity contribution in [1.29, 1.82) is 0 Å². The van der Waals surface area contributed by atoms with Crippen LogP contribution < -0.4 is 10.8 Å². The average Bonchev–Trinajstić information content (AvgIpc) is 3.63. The van der Waals surface area contributed by atoms with Crippen molar-refractivity contribution < 1.29 is 33.8 Å². The van der Waals surface area contributed by atoms with Crippen LogP contribution >= 0.6 is 0 Å². The van der Waals surface area contributed by atoms with E-state index in [0.717, 1.165) is 35.1 Å². The number of rotatable bonds is 12. The first-order valence-electron chi connectivity index (χ1n) is 11.7. The number of carbonyl (C=O) groups is 3. The van der Waals surface area contributed by atoms with E-state index in [1.54, 1.807) is 0 Å². The quantitative estimate of drug-likeness (QED) is 0.397. The lowest BCUT2D eigenvalue weighted by Gasteiger charge is -2.19. The van der Waals surface area contributed by atoms with Gasteiger partial charge in [0.25, 0.3) is 0 Å². The third-order valence-electron chi connectivity index (χ3n) is 6.42. The third kappa shape index (κ3) is 6.17. The number of methoxy groups -OCH3 is 1. The third-order valence-corrected chi connectivity index (χ3v) is 6.42. The van der Waals surface area contributed by atoms with E-state index in [1.807, 2.05) is 36.4 Å². The number of hydroxylamine groups is 1. The molecule has 0 heterocycles. The lowest BCUT2D eigenvalue weighted by molar-refractivity contribution is -0.166. The Labute approximate surface area is 203 Å². The normalized spacial score (nSPS) is 16.0. The van der Waals surface area contributed by atoms with Gasteiger partial charge in [-0.05, 0) is 34.6 Å². The fourth-order valence-corrected chi connectivity index (χ4v) is 4.41. The summed E-state index contributed by atoms with van der Waals surface area (Å²) in [6.45, 7) is 0.0328. The number of carboxylic acids is 1. The largest absolute Gasteiger partial charge is 0.479 e. The molecule has 1 saturated carbocycles. The van der Waals surface area contributed by atoms with E-state index in [-0.39, 0.29) is 25.7 Å². The average molecular weight is 483 g/mol. The molecular weight excluding hydrogens is 452 g/mol. The van der Waals surface area contributed by atoms with Crippen LogP contribution in [-0.2, 0) is 23.9 Å². The number of amides is 2. The lowest BCUT2D eigenvalue weighted by atomic mass is 9.98. The summed E-state index contributed by atoms with van der Waals surface area (Å²) in [6, 6.07) is 16.2. The zero-order valence-corrected chi connectivity index (χ0v) is 19.6. The van der Waals surface area contributed by atoms with E-state index in [2.05, 4.69) is 22.9 Å². The molecule has 0 aromatic heterocycles. The predicted molar refractivity (Wildman–Crippen MR) is 126 cm³/mol. The molecule has 2 unspecified atom stereocenters. The van der Waals surface area contributed by atoms with Crippen molar-refractivity contribution in [1.82, 2.24) is 10.8 Å². The summed E-state index contributed by atoms with van der Waals surface area (Å²) >= 11 is 0. The fourth-order valence-electron chi connectivity index (χ4n) is 4.41. The smallest absolute Gasteiger partial charge is 0.407 e. The van der Waals surface area contributed by atoms with Gasteiger partial charge < -0.3 is 19.9 Å². The van der Waals surface area contributed by atoms with E-state index < -0.39 is 30.0 Å². The van der Waals surface area contributed by atoms with Gasteiger partial charge in [0.2, 0.25) is 12.0 Å². The van der Waals surface area contributed by atoms with Gasteiger partial charge in [0.1, 0.15) is 6.61 Å². The summed E-state index contributed by atoms with van der Waals surface area (Å²) in [5.74, 6) is -1.95. The van der Waals surface area contributed by atoms with Crippen molar-refractivity contribution in [3.8, 4) is 11.1 Å². The van der Waals surface area contributed by atoms with Crippen molar-refractivity contribution in [2.75, 3.05) is 26.9 Å². The van der Waals surface area contributed by atoms with Crippen LogP contribution in [0.5, 0.6) is 0 Å². The summed E-state index contributed by atoms with van der Waals surface area (Å²) in [5, 5.41) is 11.8. The number of benzene rings is 2. The van der Waals surface area contributed by atoms with Crippen LogP contribution in [-0.4, -0.2) is 56.0 Å². The number of ether oxygens (including phenoxy) is 2. The Kier molecular flexibility index (Phi) is 7.99. The van der Waals surface area contributed by atoms with Gasteiger partial charge in [0.05, 0.1) is 12.5 Å². The van der Waals surface area contributed by atoms with Crippen molar-refractivity contribution in [3.05, 3.63) is 59.7 Å². The molecule has 4 rings (SSSR count). The number of hydrogen-bond acceptors (Lipinski definition) is 6. The van der Waals surface area contributed by atoms with Crippen molar-refractivity contribution in [3.63, 3.8) is 0 Å². The minimum Gasteiger partial charge on any atom is -0.479 e. The Morgan fingerprint density at radius 3 is 2.23 bits per heavy atom. The predicted octanol–water partition coefficient (Wildman–Crippen LogP) is 3.09. The zero-order valence-electron chi connectivity index (χ0n) is 19.6. The Hall–Kier alpha value is -3.43. The summed E-state index contributed by atoms with van der Waals surface area (Å²) in [7, 11) is 1.34. The van der Waals surface area contributed by atoms with Crippen LogP contribution in [0.1, 0.15) is 36.3 Å². The first kappa shape index (κ1) is 24.7. The molecule has 2 amide bonds. The molecule has 2 aromatic carbocycles. The lowest BCUT2D eigenvalue weighted by Crippen LogP contribution is -2.43. The van der Waals surface area contributed by atoms with Gasteiger partial charge >= 0.3 is 12.1 Å². The molecule has 9 nitrogen and oxygen atoms in total. The monoisotopic (exact) mass is 482 g/mol. The highest BCUT2D eigenvalue weighted by atomic mass is 16.7. The van der Waals surface area contributed by atoms with E-state index >= 15 is 0 Å². The van der Waals surface area contributed by atoms with Crippen molar-refractivity contribution in [2.45, 2.75) is 31.3 Å². The van der Waals surface area contributed by atoms with Crippen LogP contribution in [0.25, 0.3) is 11.1 Å². The molecule has 3 N–H and O–H groups in total. The van der Waals surface area contributed by atoms with Crippen molar-refractivity contribution in [2.24, 2.45) is 11.8 Å². The highest BCUT2D eigenvalue weighted by molar-refractivity contribution is 5.80. The van der Waals surface area contributed by atoms with Gasteiger partial charge in [-0.25, -0.2) is 15.1 Å². The number of aliphatic carboxylic acids is 1. The maximum Gasteiger partial charge on any atom is 0.407 e. The summed E-state index contributed by atoms with van der Waals surface area (Å²) in [6.07, 6.45) is 0.694. The Bertz CT molecular complexity index is 1020. The molecule has 9 heteroatoms. The van der Waals surface area contributed by atoms with Crippen LogP contribution in [0, 0.1) is 11.8 Å². The van der Waals surface area contributed by atoms with E-state index in [0.29, 0.717) is 12.3 Å². The molecule has 2 aromatic rings. The number of fused-ring (bicyclic) bond motifs is 3. The molecule has 0 aliphatic heterocycles. The standard InChI is InChI=1S/C26H30N2O7/c1-33-15-23(25(30)31)35-28-24(29)17(12-16-10-11-16)13-27-26(32)34-14-22-20-8-4-2-6-18(20)19-7-3-5-9-21(19)22/h2-9,16-17,22-23H,10-15H2,1H3,(H,27,32)(H,28,29)(H,30,31). The molecule has 186 valence electrons. The van der Waals surface area contributed by atoms with Crippen LogP contribution in [0.15, 0.2) is 48.5 Å². The molecule has 35 heavy (non-hydrogen) atoms. The van der Waals surface area contributed by atoms with Gasteiger partial charge in [0, 0.05) is 19.6 Å². The maximum atomic E-state index is 12.6. The molecule has 0 spiro atoms. The highest BCUT2D eigenvalue weighted by Gasteiger charge is 2.32. The summed E-state index contributed by atoms with van der Waals surface area (Å²) < 4.78 is 10.3. The minimum absolute atomic E-state index is 0.0548. The van der Waals surface area contributed by atoms with E-state index in [9.17, 15) is 14.4 Å². The first-order chi connectivity index (χ1) is 17.0. The second-order valence-corrected chi connectivity index (χ2v) is 8.95. The van der Waals surface area contributed by atoms with Crippen molar-refractivity contribution >= 4 is 18.0 Å². The second kappa shape index (κ2) is 11.3. The van der Waals surface area contributed by atoms with Gasteiger partial charge in [-0.3, -0.25) is 9.63 Å². The van der Waals surface area contributed by atoms with Gasteiger partial charge in [-0.1, -0.05) is 61.4 Å². The molecule has 2 aliphatic rings. The topological polar surface area (TPSA) is 123 Å². The van der Waals surface area contributed by atoms with Gasteiger partial charge in [-0.15, -0.1) is 0 Å². The van der Waals surface area contributed by atoms with Gasteiger partial charge in [0.15, 0.2) is 0 Å². The Morgan fingerprint density at radius 2 is 1.66 bits per heavy atom. The maximum absolute atomic E-state index is 12.6. The number of nitrogens with one attached hydrogen (secondary N) is 2. The molecule has 1 fully saturated rings. The second-order valence-electron chi connectivity index (χ2n) is 8.95. The fraction of sp³-hybridized carbons (Fsp3) is 0.423. The van der Waals surface area contributed by atoms with Crippen LogP contribution in [0.3, 0.4) is 0 Å². The summed E-state index contributed by atoms with van der Waals surface area (Å²) in [4.78, 5) is 41.3. The molecule has 2 aliphatic carbocycles.